The van der Waals surface area contributed by atoms with Gasteiger partial charge in [0.25, 0.3) is 0 Å². The molecule has 3 nitrogen and oxygen atoms in total. The molecule has 0 aliphatic heterocycles. The Morgan fingerprint density at radius 1 is 0.955 bits per heavy atom. The van der Waals surface area contributed by atoms with Gasteiger partial charge in [0.2, 0.25) is 0 Å². The summed E-state index contributed by atoms with van der Waals surface area (Å²) in [7, 11) is 0. The number of rotatable bonds is 4. The maximum atomic E-state index is 10.5. The molecule has 0 spiro atoms. The third-order valence-electron chi connectivity index (χ3n) is 3.61. The third kappa shape index (κ3) is 3.15. The predicted octanol–water partition coefficient (Wildman–Crippen LogP) is 4.22. The Hall–Kier alpha value is -2.65. The number of nitrogens with zero attached hydrogens (tertiary/aromatic N) is 1. The van der Waals surface area contributed by atoms with Gasteiger partial charge in [0.1, 0.15) is 11.9 Å². The fourth-order valence-electron chi connectivity index (χ4n) is 2.41. The number of benzene rings is 2. The van der Waals surface area contributed by atoms with Crippen molar-refractivity contribution in [3.63, 3.8) is 0 Å². The van der Waals surface area contributed by atoms with Gasteiger partial charge in [-0.3, -0.25) is 0 Å². The van der Waals surface area contributed by atoms with E-state index in [-0.39, 0.29) is 0 Å². The maximum absolute atomic E-state index is 10.5. The minimum absolute atomic E-state index is 0.653. The summed E-state index contributed by atoms with van der Waals surface area (Å²) in [5.74, 6) is 0.771. The summed E-state index contributed by atoms with van der Waals surface area (Å²) in [6.07, 6.45) is 1.08. The van der Waals surface area contributed by atoms with Crippen molar-refractivity contribution in [2.75, 3.05) is 5.32 Å². The van der Waals surface area contributed by atoms with E-state index in [0.29, 0.717) is 0 Å². The van der Waals surface area contributed by atoms with Crippen LogP contribution in [0.2, 0.25) is 0 Å². The van der Waals surface area contributed by atoms with Gasteiger partial charge in [0, 0.05) is 17.4 Å². The minimum atomic E-state index is -0.653. The fraction of sp³-hybridized carbons (Fsp3) is 0.105. The van der Waals surface area contributed by atoms with Crippen LogP contribution in [0.5, 0.6) is 0 Å². The molecule has 2 N–H and O–H groups in total. The van der Waals surface area contributed by atoms with E-state index >= 15 is 0 Å². The van der Waals surface area contributed by atoms with Crippen molar-refractivity contribution in [2.45, 2.75) is 13.0 Å². The van der Waals surface area contributed by atoms with Crippen molar-refractivity contribution in [2.24, 2.45) is 0 Å². The molecule has 1 heterocycles. The SMILES string of the molecule is Cc1cc(Nc2ccccc2)ncc1[C@H](O)c1ccccc1. The molecule has 0 aliphatic rings. The zero-order valence-corrected chi connectivity index (χ0v) is 12.4. The van der Waals surface area contributed by atoms with Gasteiger partial charge in [-0.1, -0.05) is 48.5 Å². The molecular formula is C19H18N2O. The summed E-state index contributed by atoms with van der Waals surface area (Å²) >= 11 is 0. The number of hydrogen-bond donors (Lipinski definition) is 2. The van der Waals surface area contributed by atoms with Crippen molar-refractivity contribution < 1.29 is 5.11 Å². The van der Waals surface area contributed by atoms with Crippen LogP contribution in [0.25, 0.3) is 0 Å². The number of para-hydroxylation sites is 1. The van der Waals surface area contributed by atoms with E-state index in [2.05, 4.69) is 10.3 Å². The zero-order valence-electron chi connectivity index (χ0n) is 12.4. The van der Waals surface area contributed by atoms with Crippen molar-refractivity contribution in [3.8, 4) is 0 Å². The highest BCUT2D eigenvalue weighted by atomic mass is 16.3. The lowest BCUT2D eigenvalue weighted by molar-refractivity contribution is 0.219. The molecule has 0 aliphatic carbocycles. The lowest BCUT2D eigenvalue weighted by atomic mass is 9.99. The molecule has 0 saturated carbocycles. The number of aliphatic hydroxyl groups excluding tert-OH is 1. The first kappa shape index (κ1) is 14.3. The van der Waals surface area contributed by atoms with Crippen LogP contribution in [0, 0.1) is 6.92 Å². The second-order valence-electron chi connectivity index (χ2n) is 5.23. The second-order valence-corrected chi connectivity index (χ2v) is 5.23. The summed E-state index contributed by atoms with van der Waals surface area (Å²) in [5.41, 5.74) is 3.69. The lowest BCUT2D eigenvalue weighted by Gasteiger charge is -2.15. The molecule has 1 atom stereocenters. The number of aryl methyl sites for hydroxylation is 1. The van der Waals surface area contributed by atoms with Crippen molar-refractivity contribution in [1.29, 1.82) is 0 Å². The molecule has 22 heavy (non-hydrogen) atoms. The van der Waals surface area contributed by atoms with Crippen LogP contribution in [0.3, 0.4) is 0 Å². The molecule has 3 rings (SSSR count). The van der Waals surface area contributed by atoms with Crippen LogP contribution < -0.4 is 5.32 Å². The van der Waals surface area contributed by atoms with Gasteiger partial charge in [-0.15, -0.1) is 0 Å². The minimum Gasteiger partial charge on any atom is -0.384 e. The van der Waals surface area contributed by atoms with E-state index in [4.69, 9.17) is 0 Å². The highest BCUT2D eigenvalue weighted by Gasteiger charge is 2.13. The van der Waals surface area contributed by atoms with E-state index in [9.17, 15) is 5.11 Å². The van der Waals surface area contributed by atoms with Crippen molar-refractivity contribution >= 4 is 11.5 Å². The molecule has 2 aromatic carbocycles. The van der Waals surface area contributed by atoms with Crippen LogP contribution in [-0.4, -0.2) is 10.1 Å². The molecule has 0 amide bonds. The predicted molar refractivity (Wildman–Crippen MR) is 89.2 cm³/mol. The topological polar surface area (TPSA) is 45.2 Å². The monoisotopic (exact) mass is 290 g/mol. The van der Waals surface area contributed by atoms with E-state index in [1.807, 2.05) is 73.7 Å². The number of pyridine rings is 1. The van der Waals surface area contributed by atoms with Gasteiger partial charge in [0.15, 0.2) is 0 Å². The largest absolute Gasteiger partial charge is 0.384 e. The van der Waals surface area contributed by atoms with Gasteiger partial charge in [0.05, 0.1) is 0 Å². The molecule has 0 radical (unpaired) electrons. The summed E-state index contributed by atoms with van der Waals surface area (Å²) in [6.45, 7) is 1.99. The third-order valence-corrected chi connectivity index (χ3v) is 3.61. The first-order valence-corrected chi connectivity index (χ1v) is 7.25. The molecule has 0 unspecified atom stereocenters. The van der Waals surface area contributed by atoms with Crippen LogP contribution >= 0.6 is 0 Å². The average molecular weight is 290 g/mol. The molecule has 0 fully saturated rings. The normalized spacial score (nSPS) is 11.9. The van der Waals surface area contributed by atoms with E-state index in [1.165, 1.54) is 0 Å². The smallest absolute Gasteiger partial charge is 0.130 e. The van der Waals surface area contributed by atoms with E-state index in [0.717, 1.165) is 28.2 Å². The summed E-state index contributed by atoms with van der Waals surface area (Å²) in [4.78, 5) is 4.41. The maximum Gasteiger partial charge on any atom is 0.130 e. The number of hydrogen-bond acceptors (Lipinski definition) is 3. The highest BCUT2D eigenvalue weighted by Crippen LogP contribution is 2.26. The van der Waals surface area contributed by atoms with Crippen molar-refractivity contribution in [1.82, 2.24) is 4.98 Å². The standard InChI is InChI=1S/C19H18N2O/c1-14-12-18(21-16-10-6-3-7-11-16)20-13-17(14)19(22)15-8-4-2-5-9-15/h2-13,19,22H,1H3,(H,20,21)/t19-/m1/s1. The molecule has 3 heteroatoms. The van der Waals surface area contributed by atoms with Crippen molar-refractivity contribution in [3.05, 3.63) is 89.6 Å². The first-order chi connectivity index (χ1) is 10.7. The molecular weight excluding hydrogens is 272 g/mol. The van der Waals surface area contributed by atoms with Crippen LogP contribution in [0.4, 0.5) is 11.5 Å². The van der Waals surface area contributed by atoms with Gasteiger partial charge in [-0.25, -0.2) is 4.98 Å². The Labute approximate surface area is 130 Å². The molecule has 1 aromatic heterocycles. The first-order valence-electron chi connectivity index (χ1n) is 7.25. The molecule has 3 aromatic rings. The Bertz CT molecular complexity index is 742. The Morgan fingerprint density at radius 3 is 2.23 bits per heavy atom. The van der Waals surface area contributed by atoms with Gasteiger partial charge < -0.3 is 10.4 Å². The molecule has 0 bridgehead atoms. The number of aromatic nitrogens is 1. The fourth-order valence-corrected chi connectivity index (χ4v) is 2.41. The van der Waals surface area contributed by atoms with Gasteiger partial charge in [-0.2, -0.15) is 0 Å². The Kier molecular flexibility index (Phi) is 4.17. The summed E-state index contributed by atoms with van der Waals surface area (Å²) in [6, 6.07) is 21.5. The molecule has 110 valence electrons. The van der Waals surface area contributed by atoms with E-state index < -0.39 is 6.10 Å². The summed E-state index contributed by atoms with van der Waals surface area (Å²) < 4.78 is 0. The van der Waals surface area contributed by atoms with Crippen LogP contribution in [0.15, 0.2) is 72.9 Å². The van der Waals surface area contributed by atoms with Crippen LogP contribution in [-0.2, 0) is 0 Å². The number of anilines is 2. The summed E-state index contributed by atoms with van der Waals surface area (Å²) in [5, 5.41) is 13.8. The Morgan fingerprint density at radius 2 is 1.59 bits per heavy atom. The molecule has 0 saturated heterocycles. The van der Waals surface area contributed by atoms with Gasteiger partial charge >= 0.3 is 0 Å². The quantitative estimate of drug-likeness (QED) is 0.756. The van der Waals surface area contributed by atoms with Crippen LogP contribution in [0.1, 0.15) is 22.8 Å². The van der Waals surface area contributed by atoms with E-state index in [1.54, 1.807) is 6.20 Å². The Balaban J connectivity index is 1.83. The van der Waals surface area contributed by atoms with Gasteiger partial charge in [-0.05, 0) is 36.2 Å². The zero-order chi connectivity index (χ0) is 15.4. The number of aliphatic hydroxyl groups is 1. The lowest BCUT2D eigenvalue weighted by Crippen LogP contribution is -2.04. The number of nitrogens with one attached hydrogen (secondary N) is 1. The second kappa shape index (κ2) is 6.41. The average Bonchev–Trinajstić information content (AvgIpc) is 2.56. The highest BCUT2D eigenvalue weighted by molar-refractivity contribution is 5.57.